The van der Waals surface area contributed by atoms with Gasteiger partial charge >= 0.3 is 0 Å². The minimum atomic E-state index is -0.296. The molecule has 1 aliphatic rings. The molecular formula is C15H17BrFN3. The number of halogens is 2. The molecule has 0 unspecified atom stereocenters. The lowest BCUT2D eigenvalue weighted by Crippen LogP contribution is -2.09. The van der Waals surface area contributed by atoms with E-state index in [1.54, 1.807) is 12.1 Å². The van der Waals surface area contributed by atoms with Gasteiger partial charge in [-0.3, -0.25) is 0 Å². The smallest absolute Gasteiger partial charge is 0.132 e. The van der Waals surface area contributed by atoms with Gasteiger partial charge in [0.2, 0.25) is 0 Å². The first-order valence-electron chi connectivity index (χ1n) is 6.82. The highest BCUT2D eigenvalue weighted by Crippen LogP contribution is 2.43. The van der Waals surface area contributed by atoms with Gasteiger partial charge in [-0.25, -0.2) is 9.37 Å². The molecule has 2 N–H and O–H groups in total. The average molecular weight is 338 g/mol. The van der Waals surface area contributed by atoms with Gasteiger partial charge in [0.1, 0.15) is 23.2 Å². The summed E-state index contributed by atoms with van der Waals surface area (Å²) in [6.07, 6.45) is 2.28. The number of aromatic nitrogens is 2. The number of hydrogen-bond donors (Lipinski definition) is 1. The molecular weight excluding hydrogens is 321 g/mol. The second-order valence-electron chi connectivity index (χ2n) is 5.57. The fourth-order valence-corrected chi connectivity index (χ4v) is 2.87. The highest BCUT2D eigenvalue weighted by Gasteiger charge is 2.32. The normalized spacial score (nSPS) is 15.1. The van der Waals surface area contributed by atoms with E-state index in [9.17, 15) is 4.39 Å². The van der Waals surface area contributed by atoms with Gasteiger partial charge in [0.25, 0.3) is 0 Å². The Labute approximate surface area is 126 Å². The van der Waals surface area contributed by atoms with E-state index in [-0.39, 0.29) is 11.9 Å². The van der Waals surface area contributed by atoms with Gasteiger partial charge in [-0.15, -0.1) is 0 Å². The van der Waals surface area contributed by atoms with E-state index >= 15 is 0 Å². The maximum atomic E-state index is 14.1. The highest BCUT2D eigenvalue weighted by molar-refractivity contribution is 9.10. The van der Waals surface area contributed by atoms with Crippen LogP contribution in [0.3, 0.4) is 0 Å². The molecule has 3 nitrogen and oxygen atoms in total. The van der Waals surface area contributed by atoms with Crippen molar-refractivity contribution in [2.24, 2.45) is 0 Å². The van der Waals surface area contributed by atoms with Crippen molar-refractivity contribution in [1.82, 2.24) is 9.55 Å². The van der Waals surface area contributed by atoms with Gasteiger partial charge in [0.05, 0.1) is 0 Å². The molecule has 1 fully saturated rings. The quantitative estimate of drug-likeness (QED) is 0.896. The van der Waals surface area contributed by atoms with Crippen molar-refractivity contribution in [2.75, 3.05) is 5.73 Å². The zero-order valence-corrected chi connectivity index (χ0v) is 13.1. The van der Waals surface area contributed by atoms with E-state index < -0.39 is 0 Å². The predicted octanol–water partition coefficient (Wildman–Crippen LogP) is 4.49. The number of hydrogen-bond acceptors (Lipinski definition) is 2. The topological polar surface area (TPSA) is 43.8 Å². The molecule has 1 aliphatic carbocycles. The number of nitrogens with two attached hydrogens (primary N) is 1. The summed E-state index contributed by atoms with van der Waals surface area (Å²) in [6.45, 7) is 4.15. The molecule has 0 saturated heterocycles. The van der Waals surface area contributed by atoms with Crippen molar-refractivity contribution in [2.45, 2.75) is 38.6 Å². The fraction of sp³-hybridized carbons (Fsp3) is 0.400. The van der Waals surface area contributed by atoms with E-state index in [2.05, 4.69) is 34.8 Å². The van der Waals surface area contributed by atoms with Crippen LogP contribution in [-0.2, 0) is 0 Å². The molecule has 1 aromatic carbocycles. The number of benzene rings is 1. The Morgan fingerprint density at radius 1 is 1.40 bits per heavy atom. The standard InChI is InChI=1S/C15H17BrFN3/c1-8(2)20-14(18)13(19-15(20)9-3-4-9)11-7-10(16)5-6-12(11)17/h5-9H,3-4,18H2,1-2H3. The SMILES string of the molecule is CC(C)n1c(C2CC2)nc(-c2cc(Br)ccc2F)c1N. The maximum absolute atomic E-state index is 14.1. The molecule has 0 spiro atoms. The van der Waals surface area contributed by atoms with E-state index in [0.29, 0.717) is 23.0 Å². The summed E-state index contributed by atoms with van der Waals surface area (Å²) in [7, 11) is 0. The Morgan fingerprint density at radius 2 is 2.10 bits per heavy atom. The zero-order chi connectivity index (χ0) is 14.4. The molecule has 0 amide bonds. The molecule has 0 bridgehead atoms. The Balaban J connectivity index is 2.19. The average Bonchev–Trinajstić information content (AvgIpc) is 3.16. The first-order chi connectivity index (χ1) is 9.49. The van der Waals surface area contributed by atoms with Crippen LogP contribution in [0.4, 0.5) is 10.2 Å². The van der Waals surface area contributed by atoms with Crippen molar-refractivity contribution in [3.63, 3.8) is 0 Å². The summed E-state index contributed by atoms with van der Waals surface area (Å²) in [5.41, 5.74) is 7.25. The second-order valence-corrected chi connectivity index (χ2v) is 6.48. The van der Waals surface area contributed by atoms with Crippen molar-refractivity contribution in [3.05, 3.63) is 34.3 Å². The third-order valence-electron chi connectivity index (χ3n) is 3.62. The van der Waals surface area contributed by atoms with Crippen molar-refractivity contribution >= 4 is 21.7 Å². The van der Waals surface area contributed by atoms with Crippen LogP contribution in [0, 0.1) is 5.82 Å². The molecule has 1 saturated carbocycles. The molecule has 5 heteroatoms. The lowest BCUT2D eigenvalue weighted by atomic mass is 10.1. The lowest BCUT2D eigenvalue weighted by Gasteiger charge is -2.13. The molecule has 0 atom stereocenters. The molecule has 20 heavy (non-hydrogen) atoms. The number of nitrogens with zero attached hydrogens (tertiary/aromatic N) is 2. The predicted molar refractivity (Wildman–Crippen MR) is 82.1 cm³/mol. The monoisotopic (exact) mass is 337 g/mol. The number of rotatable bonds is 3. The minimum Gasteiger partial charge on any atom is -0.383 e. The van der Waals surface area contributed by atoms with Crippen molar-refractivity contribution < 1.29 is 4.39 Å². The van der Waals surface area contributed by atoms with Gasteiger partial charge < -0.3 is 10.3 Å². The maximum Gasteiger partial charge on any atom is 0.132 e. The molecule has 3 rings (SSSR count). The summed E-state index contributed by atoms with van der Waals surface area (Å²) in [5, 5.41) is 0. The van der Waals surface area contributed by atoms with E-state index in [1.165, 1.54) is 6.07 Å². The Morgan fingerprint density at radius 3 is 2.70 bits per heavy atom. The summed E-state index contributed by atoms with van der Waals surface area (Å²) < 4.78 is 16.9. The van der Waals surface area contributed by atoms with E-state index in [0.717, 1.165) is 23.1 Å². The van der Waals surface area contributed by atoms with Crippen LogP contribution >= 0.6 is 15.9 Å². The minimum absolute atomic E-state index is 0.224. The first kappa shape index (κ1) is 13.6. The van der Waals surface area contributed by atoms with Crippen molar-refractivity contribution in [1.29, 1.82) is 0 Å². The van der Waals surface area contributed by atoms with Gasteiger partial charge in [0, 0.05) is 22.0 Å². The zero-order valence-electron chi connectivity index (χ0n) is 11.5. The van der Waals surface area contributed by atoms with Crippen LogP contribution in [0.2, 0.25) is 0 Å². The van der Waals surface area contributed by atoms with Crippen LogP contribution in [-0.4, -0.2) is 9.55 Å². The van der Waals surface area contributed by atoms with Crippen LogP contribution in [0.5, 0.6) is 0 Å². The Bertz CT molecular complexity index is 659. The summed E-state index contributed by atoms with van der Waals surface area (Å²) in [5.74, 6) is 1.73. The van der Waals surface area contributed by atoms with E-state index in [4.69, 9.17) is 5.73 Å². The largest absolute Gasteiger partial charge is 0.383 e. The third kappa shape index (κ3) is 2.24. The van der Waals surface area contributed by atoms with Gasteiger partial charge in [-0.2, -0.15) is 0 Å². The number of anilines is 1. The second kappa shape index (κ2) is 4.88. The van der Waals surface area contributed by atoms with E-state index in [1.807, 2.05) is 4.57 Å². The molecule has 1 aromatic heterocycles. The number of nitrogen functional groups attached to an aromatic ring is 1. The van der Waals surface area contributed by atoms with Gasteiger partial charge in [-0.05, 0) is 44.9 Å². The molecule has 0 radical (unpaired) electrons. The Kier molecular flexibility index (Phi) is 3.32. The molecule has 2 aromatic rings. The van der Waals surface area contributed by atoms with Gasteiger partial charge in [-0.1, -0.05) is 15.9 Å². The first-order valence-corrected chi connectivity index (χ1v) is 7.61. The molecule has 106 valence electrons. The fourth-order valence-electron chi connectivity index (χ4n) is 2.51. The van der Waals surface area contributed by atoms with Crippen molar-refractivity contribution in [3.8, 4) is 11.3 Å². The van der Waals surface area contributed by atoms with Crippen LogP contribution in [0.25, 0.3) is 11.3 Å². The van der Waals surface area contributed by atoms with Crippen LogP contribution in [0.15, 0.2) is 22.7 Å². The van der Waals surface area contributed by atoms with Crippen LogP contribution in [0.1, 0.15) is 44.5 Å². The van der Waals surface area contributed by atoms with Crippen LogP contribution < -0.4 is 5.73 Å². The molecule has 0 aliphatic heterocycles. The summed E-state index contributed by atoms with van der Waals surface area (Å²) in [6, 6.07) is 5.07. The third-order valence-corrected chi connectivity index (χ3v) is 4.11. The highest BCUT2D eigenvalue weighted by atomic mass is 79.9. The Hall–Kier alpha value is -1.36. The summed E-state index contributed by atoms with van der Waals surface area (Å²) in [4.78, 5) is 4.64. The number of imidazole rings is 1. The summed E-state index contributed by atoms with van der Waals surface area (Å²) >= 11 is 3.37. The lowest BCUT2D eigenvalue weighted by molar-refractivity contribution is 0.576. The molecule has 1 heterocycles. The van der Waals surface area contributed by atoms with Gasteiger partial charge in [0.15, 0.2) is 0 Å².